The van der Waals surface area contributed by atoms with Crippen molar-refractivity contribution in [2.45, 2.75) is 97.4 Å². The van der Waals surface area contributed by atoms with E-state index in [2.05, 4.69) is 122 Å². The Morgan fingerprint density at radius 2 is 1.11 bits per heavy atom. The molecule has 4 saturated heterocycles. The number of halogens is 3. The summed E-state index contributed by atoms with van der Waals surface area (Å²) in [6, 6.07) is 16.5. The number of nitrogen functional groups attached to an aromatic ring is 1. The third-order valence-electron chi connectivity index (χ3n) is 16.9. The molecule has 0 atom stereocenters. The molecular formula is C71H85Cl3N13O10S2-. The van der Waals surface area contributed by atoms with Crippen LogP contribution in [0.4, 0.5) is 57.4 Å². The molecule has 23 nitrogen and oxygen atoms in total. The van der Waals surface area contributed by atoms with Crippen molar-refractivity contribution >= 4 is 112 Å². The molecule has 528 valence electrons. The number of aromatic nitrogens is 4. The first-order valence-corrected chi connectivity index (χ1v) is 37.2. The van der Waals surface area contributed by atoms with E-state index in [-0.39, 0.29) is 64.1 Å². The van der Waals surface area contributed by atoms with Crippen molar-refractivity contribution < 1.29 is 45.3 Å². The fraction of sp³-hybridized carbons (Fsp3) is 0.437. The van der Waals surface area contributed by atoms with E-state index in [0.29, 0.717) is 71.5 Å². The number of nitrogens with one attached hydrogen (secondary N) is 4. The van der Waals surface area contributed by atoms with Crippen molar-refractivity contribution in [2.24, 2.45) is 0 Å². The highest BCUT2D eigenvalue weighted by atomic mass is 35.5. The Bertz CT molecular complexity index is 4290. The average Bonchev–Trinajstić information content (AvgIpc) is 1.01. The highest BCUT2D eigenvalue weighted by molar-refractivity contribution is 7.92. The number of hydrogen-bond donors (Lipinski definition) is 5. The molecule has 6 aliphatic heterocycles. The molecular weight excluding hydrogens is 1370 g/mol. The molecule has 0 aliphatic carbocycles. The summed E-state index contributed by atoms with van der Waals surface area (Å²) in [4.78, 5) is 27.0. The van der Waals surface area contributed by atoms with Crippen molar-refractivity contribution in [3.8, 4) is 75.9 Å². The SMILES string of the molecule is C.COc1cc(N2CCC(N3CCCC3)CC2)c(C)cc1N.COc1cc(N2CCC(N3CCCC3)CC2)c(C)cc1Nc1ncc(Cl)c(Nc2ccc3c(c2NS(C)(=O)=O)OCCO3)n1.CS(=O)(=O)Cc1c(Nc2nc(Cl)ncc2Cl)ccc2c1OCCO2.[C-]#CC#CC#CC#CC. The first kappa shape index (κ1) is 76.1. The van der Waals surface area contributed by atoms with Crippen LogP contribution in [0.5, 0.6) is 34.5 Å². The summed E-state index contributed by atoms with van der Waals surface area (Å²) in [6.45, 7) is 16.7. The number of fused-ring (bicyclic) bond motifs is 2. The Hall–Kier alpha value is -8.63. The number of methoxy groups -OCH3 is 2. The molecule has 99 heavy (non-hydrogen) atoms. The number of benzene rings is 4. The van der Waals surface area contributed by atoms with E-state index in [0.717, 1.165) is 67.4 Å². The predicted molar refractivity (Wildman–Crippen MR) is 396 cm³/mol. The Morgan fingerprint density at radius 3 is 1.67 bits per heavy atom. The standard InChI is InChI=1S/C30H38ClN7O5S.C17H27N3O.C14H13Cl2N3O4S.C9H3.CH4/c1-19-16-23(26(41-2)17-24(19)38-12-8-20(9-13-38)37-10-4-5-11-37)34-30-32-18-21(31)29(35-30)33-22-6-7-25-28(43-15-14-42-25)27(22)36-44(3,39)40;1-13-11-15(18)17(21-2)12-16(13)20-9-5-14(6-10-20)19-7-3-4-8-19;1-24(20,21)7-8-10(2-3-11-12(8)23-5-4-22-11)18-13-9(15)6-17-14(16)19-13;1-3-5-7-9-8-6-4-2;/h6-7,16-18,20,36H,4-5,8-15H2,1-3H3,(H2,32,33,34,35);11-12,14H,3-10,18H2,1-2H3;2-3,6H,4-5,7H2,1H3,(H,17,18,19);1H3;1H4/q;;;-1;. The van der Waals surface area contributed by atoms with Crippen LogP contribution in [-0.2, 0) is 25.6 Å². The van der Waals surface area contributed by atoms with Crippen LogP contribution in [-0.4, -0.2) is 164 Å². The van der Waals surface area contributed by atoms with Gasteiger partial charge in [0.15, 0.2) is 44.5 Å². The zero-order chi connectivity index (χ0) is 69.9. The van der Waals surface area contributed by atoms with Gasteiger partial charge in [-0.25, -0.2) is 32.7 Å². The number of sulfone groups is 1. The second-order valence-electron chi connectivity index (χ2n) is 23.8. The van der Waals surface area contributed by atoms with Crippen LogP contribution in [0.15, 0.2) is 60.9 Å². The van der Waals surface area contributed by atoms with Gasteiger partial charge in [-0.05, 0) is 175 Å². The minimum atomic E-state index is -3.64. The normalized spacial score (nSPS) is 15.8. The molecule has 8 heterocycles. The van der Waals surface area contributed by atoms with E-state index < -0.39 is 19.9 Å². The number of ether oxygens (including phenoxy) is 6. The van der Waals surface area contributed by atoms with Gasteiger partial charge in [-0.1, -0.05) is 36.5 Å². The van der Waals surface area contributed by atoms with Crippen molar-refractivity contribution in [2.75, 3.05) is 142 Å². The second kappa shape index (κ2) is 35.9. The molecule has 0 unspecified atom stereocenters. The highest BCUT2D eigenvalue weighted by Crippen LogP contribution is 2.46. The minimum Gasteiger partial charge on any atom is -0.495 e. The molecule has 4 aromatic carbocycles. The summed E-state index contributed by atoms with van der Waals surface area (Å²) in [5.74, 6) is 20.1. The fourth-order valence-electron chi connectivity index (χ4n) is 12.4. The maximum absolute atomic E-state index is 12.2. The number of aryl methyl sites for hydroxylation is 2. The Morgan fingerprint density at radius 1 is 0.616 bits per heavy atom. The van der Waals surface area contributed by atoms with E-state index in [4.69, 9.17) is 75.4 Å². The lowest BCUT2D eigenvalue weighted by atomic mass is 10.0. The largest absolute Gasteiger partial charge is 0.495 e. The maximum Gasteiger partial charge on any atom is 0.230 e. The number of piperidine rings is 2. The van der Waals surface area contributed by atoms with Crippen LogP contribution in [0, 0.1) is 61.7 Å². The number of nitrogens with zero attached hydrogens (tertiary/aromatic N) is 8. The molecule has 0 spiro atoms. The van der Waals surface area contributed by atoms with E-state index in [1.54, 1.807) is 45.4 Å². The van der Waals surface area contributed by atoms with Gasteiger partial charge in [0.2, 0.25) is 21.3 Å². The third kappa shape index (κ3) is 21.2. The highest BCUT2D eigenvalue weighted by Gasteiger charge is 2.31. The van der Waals surface area contributed by atoms with E-state index in [9.17, 15) is 16.8 Å². The predicted octanol–water partition coefficient (Wildman–Crippen LogP) is 11.9. The topological polar surface area (TPSA) is 262 Å². The lowest BCUT2D eigenvalue weighted by Gasteiger charge is -2.38. The summed E-state index contributed by atoms with van der Waals surface area (Å²) < 4.78 is 84.2. The zero-order valence-corrected chi connectivity index (χ0v) is 59.9. The lowest BCUT2D eigenvalue weighted by Crippen LogP contribution is -2.44. The second-order valence-corrected chi connectivity index (χ2v) is 28.9. The third-order valence-corrected chi connectivity index (χ3v) is 19.0. The van der Waals surface area contributed by atoms with Gasteiger partial charge in [-0.2, -0.15) is 9.97 Å². The molecule has 6 aliphatic rings. The number of sulfonamides is 1. The van der Waals surface area contributed by atoms with E-state index in [1.165, 1.54) is 101 Å². The molecule has 0 bridgehead atoms. The molecule has 0 saturated carbocycles. The quantitative estimate of drug-likeness (QED) is 0.0261. The zero-order valence-electron chi connectivity index (χ0n) is 56.0. The number of nitrogens with two attached hydrogens (primary N) is 1. The summed E-state index contributed by atoms with van der Waals surface area (Å²) >= 11 is 18.3. The van der Waals surface area contributed by atoms with Crippen LogP contribution < -0.4 is 64.6 Å². The van der Waals surface area contributed by atoms with Gasteiger partial charge in [0.1, 0.15) is 53.7 Å². The lowest BCUT2D eigenvalue weighted by molar-refractivity contribution is 0.170. The Labute approximate surface area is 597 Å². The molecule has 12 rings (SSSR count). The van der Waals surface area contributed by atoms with E-state index in [1.807, 2.05) is 18.1 Å². The van der Waals surface area contributed by atoms with Crippen LogP contribution in [0.1, 0.15) is 82.4 Å². The van der Waals surface area contributed by atoms with Crippen molar-refractivity contribution in [1.82, 2.24) is 29.7 Å². The van der Waals surface area contributed by atoms with Crippen LogP contribution in [0.2, 0.25) is 15.3 Å². The number of rotatable bonds is 16. The Balaban J connectivity index is 0.000000191. The molecule has 6 aromatic rings. The van der Waals surface area contributed by atoms with Gasteiger partial charge in [-0.15, -0.1) is 5.92 Å². The number of anilines is 10. The Kier molecular flexibility index (Phi) is 27.6. The molecule has 4 fully saturated rings. The van der Waals surface area contributed by atoms with Gasteiger partial charge in [0.05, 0.1) is 55.7 Å². The summed E-state index contributed by atoms with van der Waals surface area (Å²) in [6.07, 6.45) is 21.7. The summed E-state index contributed by atoms with van der Waals surface area (Å²) in [5, 5.41) is 9.89. The molecule has 2 aromatic heterocycles. The molecule has 0 radical (unpaired) electrons. The van der Waals surface area contributed by atoms with Gasteiger partial charge in [0, 0.05) is 79.3 Å². The van der Waals surface area contributed by atoms with Crippen LogP contribution >= 0.6 is 34.8 Å². The fourth-order valence-corrected chi connectivity index (χ4v) is 14.2. The van der Waals surface area contributed by atoms with Crippen LogP contribution in [0.25, 0.3) is 0 Å². The minimum absolute atomic E-state index is 0. The number of hydrogen-bond acceptors (Lipinski definition) is 22. The smallest absolute Gasteiger partial charge is 0.230 e. The van der Waals surface area contributed by atoms with Crippen LogP contribution in [0.3, 0.4) is 0 Å². The average molecular weight is 1450 g/mol. The maximum atomic E-state index is 12.2. The monoisotopic (exact) mass is 1450 g/mol. The van der Waals surface area contributed by atoms with E-state index >= 15 is 0 Å². The van der Waals surface area contributed by atoms with Gasteiger partial charge < -0.3 is 76.1 Å². The van der Waals surface area contributed by atoms with Crippen molar-refractivity contribution in [3.63, 3.8) is 0 Å². The summed E-state index contributed by atoms with van der Waals surface area (Å²) in [5.41, 5.74) is 13.8. The molecule has 6 N–H and O–H groups in total. The molecule has 0 amide bonds. The van der Waals surface area contributed by atoms with Gasteiger partial charge in [0.25, 0.3) is 0 Å². The van der Waals surface area contributed by atoms with Crippen molar-refractivity contribution in [3.05, 3.63) is 99.4 Å². The van der Waals surface area contributed by atoms with Crippen molar-refractivity contribution in [1.29, 1.82) is 0 Å². The first-order valence-electron chi connectivity index (χ1n) is 32.1. The summed E-state index contributed by atoms with van der Waals surface area (Å²) in [7, 11) is -3.62. The first-order chi connectivity index (χ1) is 47.1. The van der Waals surface area contributed by atoms with Gasteiger partial charge in [-0.3, -0.25) is 10.6 Å². The van der Waals surface area contributed by atoms with Gasteiger partial charge >= 0.3 is 0 Å². The number of likely N-dealkylation sites (tertiary alicyclic amines) is 2. The molecule has 28 heteroatoms.